The van der Waals surface area contributed by atoms with Crippen LogP contribution in [0.2, 0.25) is 0 Å². The van der Waals surface area contributed by atoms with Crippen LogP contribution >= 0.6 is 22.6 Å². The molecule has 0 saturated carbocycles. The van der Waals surface area contributed by atoms with Crippen LogP contribution in [-0.4, -0.2) is 0 Å². The molecule has 0 atom stereocenters. The van der Waals surface area contributed by atoms with Crippen LogP contribution in [0.15, 0.2) is 42.5 Å². The summed E-state index contributed by atoms with van der Waals surface area (Å²) >= 11 is 2.45. The average molecular weight is 306 g/mol. The largest absolute Gasteiger partial charge is 0.0812 e. The average Bonchev–Trinajstić information content (AvgIpc) is 2.67. The molecule has 0 bridgehead atoms. The molecular weight excluding hydrogens is 295 g/mol. The molecule has 1 aliphatic carbocycles. The van der Waals surface area contributed by atoms with Gasteiger partial charge < -0.3 is 0 Å². The number of fused-ring (bicyclic) bond motifs is 3. The zero-order valence-corrected chi connectivity index (χ0v) is 10.5. The molecular formula is C14H11I. The third-order valence-corrected chi connectivity index (χ3v) is 3.91. The van der Waals surface area contributed by atoms with Crippen LogP contribution in [0.1, 0.15) is 16.7 Å². The molecule has 2 aromatic carbocycles. The van der Waals surface area contributed by atoms with Crippen molar-refractivity contribution in [3.63, 3.8) is 0 Å². The highest BCUT2D eigenvalue weighted by molar-refractivity contribution is 14.1. The minimum Gasteiger partial charge on any atom is -0.0812 e. The molecule has 0 unspecified atom stereocenters. The molecule has 1 heteroatoms. The first kappa shape index (κ1) is 9.40. The lowest BCUT2D eigenvalue weighted by Gasteiger charge is -2.04. The lowest BCUT2D eigenvalue weighted by atomic mass is 10.0. The van der Waals surface area contributed by atoms with Gasteiger partial charge in [0, 0.05) is 4.43 Å². The summed E-state index contributed by atoms with van der Waals surface area (Å²) in [6.07, 6.45) is 1.12. The molecule has 2 aromatic rings. The van der Waals surface area contributed by atoms with Crippen LogP contribution in [0.3, 0.4) is 0 Å². The second kappa shape index (κ2) is 3.63. The first-order valence-electron chi connectivity index (χ1n) is 5.15. The predicted octanol–water partition coefficient (Wildman–Crippen LogP) is 4.19. The molecule has 0 heterocycles. The summed E-state index contributed by atoms with van der Waals surface area (Å²) in [4.78, 5) is 0. The second-order valence-electron chi connectivity index (χ2n) is 3.91. The molecule has 15 heavy (non-hydrogen) atoms. The van der Waals surface area contributed by atoms with Crippen molar-refractivity contribution in [3.8, 4) is 11.1 Å². The molecule has 0 spiro atoms. The van der Waals surface area contributed by atoms with Gasteiger partial charge in [0.2, 0.25) is 0 Å². The van der Waals surface area contributed by atoms with Gasteiger partial charge in [-0.05, 0) is 34.2 Å². The molecule has 0 aromatic heterocycles. The van der Waals surface area contributed by atoms with E-state index in [1.807, 2.05) is 0 Å². The lowest BCUT2D eigenvalue weighted by molar-refractivity contribution is 1.21. The summed E-state index contributed by atoms with van der Waals surface area (Å²) in [6.45, 7) is 0. The summed E-state index contributed by atoms with van der Waals surface area (Å²) in [5.74, 6) is 0. The van der Waals surface area contributed by atoms with Crippen molar-refractivity contribution >= 4 is 22.6 Å². The van der Waals surface area contributed by atoms with Gasteiger partial charge in [-0.25, -0.2) is 0 Å². The quantitative estimate of drug-likeness (QED) is 0.467. The standard InChI is InChI=1S/C14H11I/c15-9-11-5-3-7-13-12-6-2-1-4-10(12)8-14(11)13/h1-7H,8-9H2. The zero-order valence-electron chi connectivity index (χ0n) is 8.33. The maximum absolute atomic E-state index is 2.45. The van der Waals surface area contributed by atoms with Gasteiger partial charge in [-0.3, -0.25) is 0 Å². The Morgan fingerprint density at radius 3 is 2.60 bits per heavy atom. The van der Waals surface area contributed by atoms with Crippen molar-refractivity contribution in [2.75, 3.05) is 0 Å². The fraction of sp³-hybridized carbons (Fsp3) is 0.143. The van der Waals surface area contributed by atoms with Gasteiger partial charge in [0.25, 0.3) is 0 Å². The van der Waals surface area contributed by atoms with Crippen molar-refractivity contribution in [1.29, 1.82) is 0 Å². The zero-order chi connectivity index (χ0) is 10.3. The molecule has 0 nitrogen and oxygen atoms in total. The van der Waals surface area contributed by atoms with Crippen molar-refractivity contribution in [3.05, 3.63) is 59.2 Å². The van der Waals surface area contributed by atoms with E-state index in [2.05, 4.69) is 65.1 Å². The Kier molecular flexibility index (Phi) is 2.28. The fourth-order valence-electron chi connectivity index (χ4n) is 2.35. The lowest BCUT2D eigenvalue weighted by Crippen LogP contribution is -1.88. The summed E-state index contributed by atoms with van der Waals surface area (Å²) < 4.78 is 1.11. The Hall–Kier alpha value is -0.830. The van der Waals surface area contributed by atoms with Crippen LogP contribution in [-0.2, 0) is 10.8 Å². The van der Waals surface area contributed by atoms with Gasteiger partial charge in [-0.2, -0.15) is 0 Å². The number of alkyl halides is 1. The van der Waals surface area contributed by atoms with Crippen molar-refractivity contribution in [2.24, 2.45) is 0 Å². The van der Waals surface area contributed by atoms with E-state index in [0.717, 1.165) is 10.8 Å². The van der Waals surface area contributed by atoms with Crippen molar-refractivity contribution < 1.29 is 0 Å². The molecule has 0 N–H and O–H groups in total. The molecule has 1 aliphatic rings. The molecule has 74 valence electrons. The van der Waals surface area contributed by atoms with E-state index in [1.54, 1.807) is 0 Å². The van der Waals surface area contributed by atoms with Gasteiger partial charge in [-0.1, -0.05) is 65.1 Å². The van der Waals surface area contributed by atoms with Gasteiger partial charge in [-0.15, -0.1) is 0 Å². The predicted molar refractivity (Wildman–Crippen MR) is 72.4 cm³/mol. The maximum atomic E-state index is 2.45. The van der Waals surface area contributed by atoms with Crippen LogP contribution in [0.25, 0.3) is 11.1 Å². The Morgan fingerprint density at radius 1 is 0.933 bits per heavy atom. The van der Waals surface area contributed by atoms with Crippen LogP contribution in [0, 0.1) is 0 Å². The molecule has 0 radical (unpaired) electrons. The third-order valence-electron chi connectivity index (χ3n) is 3.09. The van der Waals surface area contributed by atoms with Crippen LogP contribution in [0.5, 0.6) is 0 Å². The Labute approximate surface area is 103 Å². The highest BCUT2D eigenvalue weighted by Gasteiger charge is 2.19. The molecule has 3 rings (SSSR count). The van der Waals surface area contributed by atoms with E-state index in [9.17, 15) is 0 Å². The first-order valence-corrected chi connectivity index (χ1v) is 6.67. The van der Waals surface area contributed by atoms with Crippen LogP contribution in [0.4, 0.5) is 0 Å². The van der Waals surface area contributed by atoms with Crippen molar-refractivity contribution in [1.82, 2.24) is 0 Å². The minimum absolute atomic E-state index is 1.11. The molecule has 0 aliphatic heterocycles. The maximum Gasteiger partial charge on any atom is 0.0250 e. The van der Waals surface area contributed by atoms with Gasteiger partial charge in [0.15, 0.2) is 0 Å². The van der Waals surface area contributed by atoms with Crippen molar-refractivity contribution in [2.45, 2.75) is 10.8 Å². The van der Waals surface area contributed by atoms with E-state index >= 15 is 0 Å². The van der Waals surface area contributed by atoms with E-state index in [-0.39, 0.29) is 0 Å². The number of hydrogen-bond acceptors (Lipinski definition) is 0. The summed E-state index contributed by atoms with van der Waals surface area (Å²) in [5.41, 5.74) is 7.38. The Balaban J connectivity index is 2.26. The SMILES string of the molecule is ICc1cccc2c1Cc1ccccc1-2. The smallest absolute Gasteiger partial charge is 0.0250 e. The van der Waals surface area contributed by atoms with Crippen LogP contribution < -0.4 is 0 Å². The number of rotatable bonds is 1. The second-order valence-corrected chi connectivity index (χ2v) is 4.67. The van der Waals surface area contributed by atoms with E-state index in [1.165, 1.54) is 27.8 Å². The fourth-order valence-corrected chi connectivity index (χ4v) is 3.06. The number of hydrogen-bond donors (Lipinski definition) is 0. The van der Waals surface area contributed by atoms with Gasteiger partial charge >= 0.3 is 0 Å². The van der Waals surface area contributed by atoms with Gasteiger partial charge in [0.05, 0.1) is 0 Å². The summed E-state index contributed by atoms with van der Waals surface area (Å²) in [6, 6.07) is 15.4. The molecule has 0 amide bonds. The van der Waals surface area contributed by atoms with E-state index in [0.29, 0.717) is 0 Å². The monoisotopic (exact) mass is 306 g/mol. The summed E-state index contributed by atoms with van der Waals surface area (Å²) in [7, 11) is 0. The minimum atomic E-state index is 1.11. The summed E-state index contributed by atoms with van der Waals surface area (Å²) in [5, 5.41) is 0. The first-order chi connectivity index (χ1) is 7.40. The molecule has 0 fully saturated rings. The topological polar surface area (TPSA) is 0 Å². The highest BCUT2D eigenvalue weighted by atomic mass is 127. The van der Waals surface area contributed by atoms with E-state index < -0.39 is 0 Å². The Bertz CT molecular complexity index is 514. The Morgan fingerprint density at radius 2 is 1.73 bits per heavy atom. The van der Waals surface area contributed by atoms with Gasteiger partial charge in [0.1, 0.15) is 0 Å². The third kappa shape index (κ3) is 1.41. The number of halogens is 1. The molecule has 0 saturated heterocycles. The normalized spacial score (nSPS) is 12.3. The van der Waals surface area contributed by atoms with E-state index in [4.69, 9.17) is 0 Å². The number of benzene rings is 2. The highest BCUT2D eigenvalue weighted by Crippen LogP contribution is 2.38.